The highest BCUT2D eigenvalue weighted by molar-refractivity contribution is 6.30. The molecule has 1 aromatic heterocycles. The molecule has 74 valence electrons. The second-order valence-corrected chi connectivity index (χ2v) is 4.39. The van der Waals surface area contributed by atoms with Crippen LogP contribution in [0.4, 0.5) is 0 Å². The number of hydrogen-bond donors (Lipinski definition) is 0. The monoisotopic (exact) mass is 207 g/mol. The maximum Gasteiger partial charge on any atom is 0.0595 e. The highest BCUT2D eigenvalue weighted by Gasteiger charge is 2.11. The molecule has 14 heavy (non-hydrogen) atoms. The van der Waals surface area contributed by atoms with E-state index in [1.54, 1.807) is 6.20 Å². The van der Waals surface area contributed by atoms with E-state index in [-0.39, 0.29) is 0 Å². The van der Waals surface area contributed by atoms with E-state index in [4.69, 9.17) is 11.6 Å². The first-order valence-electron chi connectivity index (χ1n) is 5.07. The van der Waals surface area contributed by atoms with Gasteiger partial charge >= 0.3 is 0 Å². The molecule has 1 nitrogen and oxygen atoms in total. The minimum Gasteiger partial charge on any atom is -0.263 e. The Labute approximate surface area is 89.8 Å². The van der Waals surface area contributed by atoms with Crippen LogP contribution in [0.3, 0.4) is 0 Å². The molecule has 0 bridgehead atoms. The topological polar surface area (TPSA) is 12.9 Å². The van der Waals surface area contributed by atoms with Gasteiger partial charge in [-0.25, -0.2) is 0 Å². The number of rotatable bonds is 1. The van der Waals surface area contributed by atoms with Gasteiger partial charge in [-0.2, -0.15) is 0 Å². The van der Waals surface area contributed by atoms with Crippen LogP contribution in [0.2, 0.25) is 5.02 Å². The van der Waals surface area contributed by atoms with Gasteiger partial charge in [0.15, 0.2) is 0 Å². The lowest BCUT2D eigenvalue weighted by Gasteiger charge is -2.17. The zero-order valence-corrected chi connectivity index (χ0v) is 9.09. The quantitative estimate of drug-likeness (QED) is 0.680. The Bertz CT molecular complexity index is 357. The molecule has 0 spiro atoms. The van der Waals surface area contributed by atoms with Gasteiger partial charge in [-0.15, -0.1) is 0 Å². The fraction of sp³-hybridized carbons (Fsp3) is 0.417. The van der Waals surface area contributed by atoms with Crippen molar-refractivity contribution in [1.29, 1.82) is 0 Å². The van der Waals surface area contributed by atoms with Gasteiger partial charge in [0.1, 0.15) is 0 Å². The van der Waals surface area contributed by atoms with Crippen LogP contribution in [0, 0.1) is 5.92 Å². The predicted molar refractivity (Wildman–Crippen MR) is 60.2 cm³/mol. The molecule has 0 saturated heterocycles. The number of allylic oxidation sites excluding steroid dienone is 2. The van der Waals surface area contributed by atoms with E-state index in [1.807, 2.05) is 12.3 Å². The van der Waals surface area contributed by atoms with E-state index in [1.165, 1.54) is 24.0 Å². The second-order valence-electron chi connectivity index (χ2n) is 3.95. The number of nitrogens with zero attached hydrogens (tertiary/aromatic N) is 1. The van der Waals surface area contributed by atoms with Gasteiger partial charge in [0.2, 0.25) is 0 Å². The van der Waals surface area contributed by atoms with E-state index in [9.17, 15) is 0 Å². The van der Waals surface area contributed by atoms with Crippen molar-refractivity contribution in [2.45, 2.75) is 26.2 Å². The normalized spacial score (nSPS) is 21.9. The predicted octanol–water partition coefficient (Wildman–Crippen LogP) is 3.94. The fourth-order valence-corrected chi connectivity index (χ4v) is 2.13. The largest absolute Gasteiger partial charge is 0.263 e. The molecule has 0 aliphatic heterocycles. The van der Waals surface area contributed by atoms with Crippen molar-refractivity contribution in [3.05, 3.63) is 35.1 Å². The van der Waals surface area contributed by atoms with E-state index in [2.05, 4.69) is 18.0 Å². The van der Waals surface area contributed by atoms with Crippen molar-refractivity contribution < 1.29 is 0 Å². The number of pyridine rings is 1. The average Bonchev–Trinajstić information content (AvgIpc) is 2.18. The van der Waals surface area contributed by atoms with Crippen molar-refractivity contribution in [3.8, 4) is 0 Å². The SMILES string of the molecule is C[C@H]1C=C(c2cncc(Cl)c2)CCC1. The molecule has 0 amide bonds. The molecule has 2 heteroatoms. The molecule has 1 atom stereocenters. The highest BCUT2D eigenvalue weighted by atomic mass is 35.5. The minimum absolute atomic E-state index is 0.692. The molecule has 0 aromatic carbocycles. The summed E-state index contributed by atoms with van der Waals surface area (Å²) in [6.45, 7) is 2.26. The molecule has 2 rings (SSSR count). The van der Waals surface area contributed by atoms with Crippen LogP contribution in [0.5, 0.6) is 0 Å². The lowest BCUT2D eigenvalue weighted by Crippen LogP contribution is -2.00. The zero-order chi connectivity index (χ0) is 9.97. The summed E-state index contributed by atoms with van der Waals surface area (Å²) < 4.78 is 0. The minimum atomic E-state index is 0.692. The molecule has 1 heterocycles. The Kier molecular flexibility index (Phi) is 2.87. The van der Waals surface area contributed by atoms with Gasteiger partial charge in [-0.3, -0.25) is 4.98 Å². The van der Waals surface area contributed by atoms with Crippen molar-refractivity contribution in [3.63, 3.8) is 0 Å². The summed E-state index contributed by atoms with van der Waals surface area (Å²) >= 11 is 5.91. The number of aromatic nitrogens is 1. The Morgan fingerprint density at radius 1 is 1.43 bits per heavy atom. The standard InChI is InChI=1S/C12H14ClN/c1-9-3-2-4-10(5-9)11-6-12(13)8-14-7-11/h5-9H,2-4H2,1H3/t9-/m1/s1. The Hall–Kier alpha value is -0.820. The van der Waals surface area contributed by atoms with E-state index < -0.39 is 0 Å². The van der Waals surface area contributed by atoms with Crippen molar-refractivity contribution in [2.24, 2.45) is 5.92 Å². The molecule has 0 fully saturated rings. The summed E-state index contributed by atoms with van der Waals surface area (Å²) in [7, 11) is 0. The van der Waals surface area contributed by atoms with E-state index in [0.29, 0.717) is 5.92 Å². The van der Waals surface area contributed by atoms with Gasteiger partial charge in [-0.1, -0.05) is 24.6 Å². The Balaban J connectivity index is 2.30. The van der Waals surface area contributed by atoms with Crippen LogP contribution >= 0.6 is 11.6 Å². The Morgan fingerprint density at radius 3 is 3.00 bits per heavy atom. The van der Waals surface area contributed by atoms with Crippen LogP contribution < -0.4 is 0 Å². The van der Waals surface area contributed by atoms with E-state index in [0.717, 1.165) is 11.4 Å². The molecule has 0 unspecified atom stereocenters. The van der Waals surface area contributed by atoms with Gasteiger partial charge < -0.3 is 0 Å². The number of hydrogen-bond acceptors (Lipinski definition) is 1. The van der Waals surface area contributed by atoms with E-state index >= 15 is 0 Å². The lowest BCUT2D eigenvalue weighted by atomic mass is 9.89. The molecule has 0 N–H and O–H groups in total. The third-order valence-electron chi connectivity index (χ3n) is 2.67. The highest BCUT2D eigenvalue weighted by Crippen LogP contribution is 2.30. The fourth-order valence-electron chi connectivity index (χ4n) is 1.95. The van der Waals surface area contributed by atoms with Crippen LogP contribution in [0.25, 0.3) is 5.57 Å². The van der Waals surface area contributed by atoms with Crippen LogP contribution in [0.1, 0.15) is 31.7 Å². The van der Waals surface area contributed by atoms with Crippen LogP contribution in [-0.4, -0.2) is 4.98 Å². The van der Waals surface area contributed by atoms with Crippen molar-refractivity contribution in [1.82, 2.24) is 4.98 Å². The van der Waals surface area contributed by atoms with Crippen molar-refractivity contribution in [2.75, 3.05) is 0 Å². The Morgan fingerprint density at radius 2 is 2.29 bits per heavy atom. The second kappa shape index (κ2) is 4.14. The summed E-state index contributed by atoms with van der Waals surface area (Å²) in [5.41, 5.74) is 2.59. The third-order valence-corrected chi connectivity index (χ3v) is 2.87. The smallest absolute Gasteiger partial charge is 0.0595 e. The first-order chi connectivity index (χ1) is 6.75. The maximum absolute atomic E-state index is 5.91. The summed E-state index contributed by atoms with van der Waals surface area (Å²) in [5.74, 6) is 0.692. The molecule has 1 aliphatic rings. The van der Waals surface area contributed by atoms with Gasteiger partial charge in [0, 0.05) is 12.4 Å². The van der Waals surface area contributed by atoms with Crippen molar-refractivity contribution >= 4 is 17.2 Å². The van der Waals surface area contributed by atoms with Gasteiger partial charge in [-0.05, 0) is 42.4 Å². The molecule has 0 saturated carbocycles. The van der Waals surface area contributed by atoms with Gasteiger partial charge in [0.25, 0.3) is 0 Å². The van der Waals surface area contributed by atoms with Gasteiger partial charge in [0.05, 0.1) is 5.02 Å². The first-order valence-corrected chi connectivity index (χ1v) is 5.45. The number of halogens is 1. The summed E-state index contributed by atoms with van der Waals surface area (Å²) in [5, 5.41) is 0.724. The third kappa shape index (κ3) is 2.16. The summed E-state index contributed by atoms with van der Waals surface area (Å²) in [6.07, 6.45) is 9.66. The van der Waals surface area contributed by atoms with Crippen LogP contribution in [-0.2, 0) is 0 Å². The molecular formula is C12H14ClN. The molecule has 1 aromatic rings. The molecule has 0 radical (unpaired) electrons. The molecular weight excluding hydrogens is 194 g/mol. The molecule has 1 aliphatic carbocycles. The zero-order valence-electron chi connectivity index (χ0n) is 8.33. The summed E-state index contributed by atoms with van der Waals surface area (Å²) in [6, 6.07) is 2.00. The first kappa shape index (κ1) is 9.72. The summed E-state index contributed by atoms with van der Waals surface area (Å²) in [4.78, 5) is 4.11. The average molecular weight is 208 g/mol. The maximum atomic E-state index is 5.91. The van der Waals surface area contributed by atoms with Crippen LogP contribution in [0.15, 0.2) is 24.5 Å². The lowest BCUT2D eigenvalue weighted by molar-refractivity contribution is 0.592.